The van der Waals surface area contributed by atoms with Gasteiger partial charge in [0.05, 0.1) is 11.0 Å². The van der Waals surface area contributed by atoms with Gasteiger partial charge in [-0.2, -0.15) is 0 Å². The van der Waals surface area contributed by atoms with Gasteiger partial charge >= 0.3 is 0 Å². The summed E-state index contributed by atoms with van der Waals surface area (Å²) in [4.78, 5) is 0. The fourth-order valence-corrected chi connectivity index (χ4v) is 7.39. The zero-order valence-corrected chi connectivity index (χ0v) is 21.7. The van der Waals surface area contributed by atoms with Gasteiger partial charge in [0.25, 0.3) is 0 Å². The Kier molecular flexibility index (Phi) is 4.24. The first kappa shape index (κ1) is 21.1. The molecule has 0 N–H and O–H groups in total. The van der Waals surface area contributed by atoms with Gasteiger partial charge < -0.3 is 8.98 Å². The molecule has 0 radical (unpaired) electrons. The van der Waals surface area contributed by atoms with E-state index in [2.05, 4.69) is 132 Å². The van der Waals surface area contributed by atoms with Crippen LogP contribution in [0.3, 0.4) is 0 Å². The van der Waals surface area contributed by atoms with Gasteiger partial charge in [-0.05, 0) is 48.0 Å². The number of hydrogen-bond acceptors (Lipinski definition) is 2. The van der Waals surface area contributed by atoms with Crippen molar-refractivity contribution in [1.82, 2.24) is 4.57 Å². The third kappa shape index (κ3) is 2.91. The Labute approximate surface area is 227 Å². The van der Waals surface area contributed by atoms with Crippen LogP contribution in [0.5, 0.6) is 0 Å². The second-order valence-electron chi connectivity index (χ2n) is 10.1. The number of thiophene rings is 1. The van der Waals surface area contributed by atoms with E-state index in [1.165, 1.54) is 47.4 Å². The Hall–Kier alpha value is -4.86. The molecule has 0 fully saturated rings. The molecule has 0 aliphatic carbocycles. The average Bonchev–Trinajstić information content (AvgIpc) is 3.66. The maximum Gasteiger partial charge on any atom is 0.144 e. The van der Waals surface area contributed by atoms with Crippen molar-refractivity contribution >= 4 is 75.3 Å². The fraction of sp³-hybridized carbons (Fsp3) is 0. The molecule has 0 bridgehead atoms. The van der Waals surface area contributed by atoms with Gasteiger partial charge in [0.1, 0.15) is 11.2 Å². The SMILES string of the molecule is c1ccc2c(c1)sc1ccc3c4cccc(-c5ccc(-n6c7ccccc7c7ccccc76)cc5)c4oc3c12. The summed E-state index contributed by atoms with van der Waals surface area (Å²) < 4.78 is 11.6. The Bertz CT molecular complexity index is 2330. The molecular weight excluding hydrogens is 494 g/mol. The minimum atomic E-state index is 0.944. The molecule has 0 amide bonds. The number of para-hydroxylation sites is 3. The lowest BCUT2D eigenvalue weighted by molar-refractivity contribution is 0.674. The number of aromatic nitrogens is 1. The van der Waals surface area contributed by atoms with Crippen molar-refractivity contribution in [2.75, 3.05) is 0 Å². The van der Waals surface area contributed by atoms with Gasteiger partial charge in [-0.15, -0.1) is 11.3 Å². The smallest absolute Gasteiger partial charge is 0.144 e. The molecule has 0 atom stereocenters. The predicted molar refractivity (Wildman–Crippen MR) is 166 cm³/mol. The van der Waals surface area contributed by atoms with Crippen LogP contribution in [-0.2, 0) is 0 Å². The van der Waals surface area contributed by atoms with Crippen LogP contribution in [0.25, 0.3) is 80.7 Å². The molecule has 2 nitrogen and oxygen atoms in total. The molecule has 39 heavy (non-hydrogen) atoms. The first-order valence-electron chi connectivity index (χ1n) is 13.2. The molecule has 3 heteroatoms. The first-order valence-corrected chi connectivity index (χ1v) is 14.0. The van der Waals surface area contributed by atoms with Crippen LogP contribution < -0.4 is 0 Å². The topological polar surface area (TPSA) is 18.1 Å². The van der Waals surface area contributed by atoms with Gasteiger partial charge in [-0.25, -0.2) is 0 Å². The van der Waals surface area contributed by atoms with E-state index in [4.69, 9.17) is 4.42 Å². The molecule has 0 unspecified atom stereocenters. The second-order valence-corrected chi connectivity index (χ2v) is 11.2. The molecule has 0 aliphatic rings. The Morgan fingerprint density at radius 1 is 0.462 bits per heavy atom. The fourth-order valence-electron chi connectivity index (χ4n) is 6.28. The monoisotopic (exact) mass is 515 g/mol. The quantitative estimate of drug-likeness (QED) is 0.224. The van der Waals surface area contributed by atoms with Gasteiger partial charge in [0, 0.05) is 53.0 Å². The first-order chi connectivity index (χ1) is 19.3. The highest BCUT2D eigenvalue weighted by atomic mass is 32.1. The minimum absolute atomic E-state index is 0.944. The number of benzene rings is 6. The van der Waals surface area contributed by atoms with Crippen molar-refractivity contribution in [2.24, 2.45) is 0 Å². The summed E-state index contributed by atoms with van der Waals surface area (Å²) in [5.41, 5.74) is 7.78. The van der Waals surface area contributed by atoms with Gasteiger partial charge in [0.2, 0.25) is 0 Å². The molecule has 0 spiro atoms. The standard InChI is InChI=1S/C36H21NOS/c1-4-13-30-25(8-1)26-9-2-5-14-31(26)37(30)23-18-16-22(17-19-23)24-11-7-12-27-28-20-21-33-34(36(28)38-35(24)27)29-10-3-6-15-32(29)39-33/h1-21H. The molecule has 3 heterocycles. The van der Waals surface area contributed by atoms with Crippen molar-refractivity contribution in [3.8, 4) is 16.8 Å². The Morgan fingerprint density at radius 3 is 1.87 bits per heavy atom. The summed E-state index contributed by atoms with van der Waals surface area (Å²) in [6.07, 6.45) is 0. The summed E-state index contributed by atoms with van der Waals surface area (Å²) in [6.45, 7) is 0. The van der Waals surface area contributed by atoms with Gasteiger partial charge in [-0.1, -0.05) is 84.9 Å². The van der Waals surface area contributed by atoms with E-state index in [0.29, 0.717) is 0 Å². The molecule has 9 aromatic rings. The highest BCUT2D eigenvalue weighted by Crippen LogP contribution is 2.43. The van der Waals surface area contributed by atoms with E-state index in [1.807, 2.05) is 11.3 Å². The highest BCUT2D eigenvalue weighted by molar-refractivity contribution is 7.26. The predicted octanol–water partition coefficient (Wildman–Crippen LogP) is 10.7. The Morgan fingerprint density at radius 2 is 1.10 bits per heavy atom. The number of fused-ring (bicyclic) bond motifs is 10. The van der Waals surface area contributed by atoms with E-state index in [-0.39, 0.29) is 0 Å². The molecule has 0 aliphatic heterocycles. The maximum atomic E-state index is 6.74. The largest absolute Gasteiger partial charge is 0.455 e. The number of hydrogen-bond donors (Lipinski definition) is 0. The zero-order valence-electron chi connectivity index (χ0n) is 20.9. The summed E-state index contributed by atoms with van der Waals surface area (Å²) in [5, 5.41) is 7.36. The highest BCUT2D eigenvalue weighted by Gasteiger charge is 2.17. The van der Waals surface area contributed by atoms with E-state index in [9.17, 15) is 0 Å². The molecule has 182 valence electrons. The number of rotatable bonds is 2. The minimum Gasteiger partial charge on any atom is -0.455 e. The van der Waals surface area contributed by atoms with Crippen molar-refractivity contribution in [3.05, 3.63) is 127 Å². The summed E-state index contributed by atoms with van der Waals surface area (Å²) >= 11 is 1.83. The van der Waals surface area contributed by atoms with Crippen LogP contribution in [0.2, 0.25) is 0 Å². The lowest BCUT2D eigenvalue weighted by atomic mass is 10.0. The van der Waals surface area contributed by atoms with Crippen LogP contribution in [0.15, 0.2) is 132 Å². The maximum absolute atomic E-state index is 6.74. The zero-order chi connectivity index (χ0) is 25.5. The third-order valence-corrected chi connectivity index (χ3v) is 9.16. The second kappa shape index (κ2) is 7.83. The van der Waals surface area contributed by atoms with Crippen LogP contribution in [-0.4, -0.2) is 4.57 Å². The molecule has 9 rings (SSSR count). The van der Waals surface area contributed by atoms with E-state index < -0.39 is 0 Å². The van der Waals surface area contributed by atoms with Crippen molar-refractivity contribution in [2.45, 2.75) is 0 Å². The summed E-state index contributed by atoms with van der Waals surface area (Å²) in [6, 6.07) is 45.7. The Balaban J connectivity index is 1.25. The summed E-state index contributed by atoms with van der Waals surface area (Å²) in [5.74, 6) is 0. The number of furan rings is 1. The molecule has 0 saturated heterocycles. The molecule has 6 aromatic carbocycles. The lowest BCUT2D eigenvalue weighted by Crippen LogP contribution is -1.93. The van der Waals surface area contributed by atoms with Crippen LogP contribution in [0.1, 0.15) is 0 Å². The third-order valence-electron chi connectivity index (χ3n) is 8.02. The lowest BCUT2D eigenvalue weighted by Gasteiger charge is -2.09. The average molecular weight is 516 g/mol. The van der Waals surface area contributed by atoms with E-state index in [0.717, 1.165) is 33.4 Å². The normalized spacial score (nSPS) is 12.1. The van der Waals surface area contributed by atoms with Gasteiger partial charge in [0.15, 0.2) is 0 Å². The summed E-state index contributed by atoms with van der Waals surface area (Å²) in [7, 11) is 0. The molecule has 0 saturated carbocycles. The van der Waals surface area contributed by atoms with Gasteiger partial charge in [-0.3, -0.25) is 0 Å². The molecular formula is C36H21NOS. The van der Waals surface area contributed by atoms with Crippen molar-refractivity contribution in [3.63, 3.8) is 0 Å². The van der Waals surface area contributed by atoms with Crippen molar-refractivity contribution in [1.29, 1.82) is 0 Å². The number of nitrogens with zero attached hydrogens (tertiary/aromatic N) is 1. The van der Waals surface area contributed by atoms with Crippen LogP contribution in [0.4, 0.5) is 0 Å². The van der Waals surface area contributed by atoms with Crippen LogP contribution in [0, 0.1) is 0 Å². The van der Waals surface area contributed by atoms with E-state index in [1.54, 1.807) is 0 Å². The molecule has 3 aromatic heterocycles. The van der Waals surface area contributed by atoms with E-state index >= 15 is 0 Å². The van der Waals surface area contributed by atoms with Crippen LogP contribution >= 0.6 is 11.3 Å². The van der Waals surface area contributed by atoms with Crippen molar-refractivity contribution < 1.29 is 4.42 Å².